The standard InChI is InChI=1S/C15H31NO/c1-4-14-9-6-10-15(12-14)17-11-7-8-13(3)16-5-2/h13-16H,4-12H2,1-3H3. The van der Waals surface area contributed by atoms with Gasteiger partial charge in [0.05, 0.1) is 6.10 Å². The molecule has 3 unspecified atom stereocenters. The molecule has 0 saturated heterocycles. The second kappa shape index (κ2) is 8.93. The molecule has 102 valence electrons. The van der Waals surface area contributed by atoms with Crippen LogP contribution in [-0.2, 0) is 4.74 Å². The highest BCUT2D eigenvalue weighted by Gasteiger charge is 2.20. The third-order valence-electron chi connectivity index (χ3n) is 4.00. The van der Waals surface area contributed by atoms with E-state index in [-0.39, 0.29) is 0 Å². The van der Waals surface area contributed by atoms with Crippen molar-refractivity contribution < 1.29 is 4.74 Å². The van der Waals surface area contributed by atoms with E-state index in [4.69, 9.17) is 4.74 Å². The van der Waals surface area contributed by atoms with Crippen molar-refractivity contribution in [3.63, 3.8) is 0 Å². The zero-order valence-electron chi connectivity index (χ0n) is 12.0. The quantitative estimate of drug-likeness (QED) is 0.653. The zero-order chi connectivity index (χ0) is 12.5. The Balaban J connectivity index is 2.02. The maximum absolute atomic E-state index is 6.02. The lowest BCUT2D eigenvalue weighted by molar-refractivity contribution is 0.0102. The van der Waals surface area contributed by atoms with E-state index < -0.39 is 0 Å². The molecule has 0 aliphatic heterocycles. The van der Waals surface area contributed by atoms with Crippen LogP contribution < -0.4 is 5.32 Å². The monoisotopic (exact) mass is 241 g/mol. The van der Waals surface area contributed by atoms with Crippen LogP contribution in [-0.4, -0.2) is 25.3 Å². The van der Waals surface area contributed by atoms with Gasteiger partial charge >= 0.3 is 0 Å². The molecule has 1 fully saturated rings. The largest absolute Gasteiger partial charge is 0.378 e. The van der Waals surface area contributed by atoms with E-state index in [0.717, 1.165) is 19.1 Å². The fourth-order valence-corrected chi connectivity index (χ4v) is 2.85. The molecule has 0 radical (unpaired) electrons. The van der Waals surface area contributed by atoms with Gasteiger partial charge in [0.2, 0.25) is 0 Å². The highest BCUT2D eigenvalue weighted by Crippen LogP contribution is 2.28. The van der Waals surface area contributed by atoms with E-state index in [2.05, 4.69) is 26.1 Å². The van der Waals surface area contributed by atoms with Crippen molar-refractivity contribution in [1.29, 1.82) is 0 Å². The Labute approximate surface area is 108 Å². The Hall–Kier alpha value is -0.0800. The summed E-state index contributed by atoms with van der Waals surface area (Å²) in [6.45, 7) is 8.77. The summed E-state index contributed by atoms with van der Waals surface area (Å²) >= 11 is 0. The van der Waals surface area contributed by atoms with Crippen LogP contribution in [0.25, 0.3) is 0 Å². The first-order valence-corrected chi connectivity index (χ1v) is 7.61. The molecule has 0 spiro atoms. The first kappa shape index (κ1) is 15.0. The number of nitrogens with one attached hydrogen (secondary N) is 1. The minimum atomic E-state index is 0.558. The molecular formula is C15H31NO. The van der Waals surface area contributed by atoms with Crippen LogP contribution in [0.2, 0.25) is 0 Å². The lowest BCUT2D eigenvalue weighted by Crippen LogP contribution is -2.26. The first-order chi connectivity index (χ1) is 8.26. The van der Waals surface area contributed by atoms with Crippen LogP contribution in [0.5, 0.6) is 0 Å². The van der Waals surface area contributed by atoms with E-state index in [1.165, 1.54) is 44.9 Å². The lowest BCUT2D eigenvalue weighted by atomic mass is 9.85. The molecule has 1 rings (SSSR count). The second-order valence-electron chi connectivity index (χ2n) is 5.53. The highest BCUT2D eigenvalue weighted by molar-refractivity contribution is 4.72. The van der Waals surface area contributed by atoms with Gasteiger partial charge in [-0.25, -0.2) is 0 Å². The van der Waals surface area contributed by atoms with E-state index in [9.17, 15) is 0 Å². The maximum Gasteiger partial charge on any atom is 0.0577 e. The first-order valence-electron chi connectivity index (χ1n) is 7.61. The molecule has 2 nitrogen and oxygen atoms in total. The summed E-state index contributed by atoms with van der Waals surface area (Å²) in [5, 5.41) is 3.44. The second-order valence-corrected chi connectivity index (χ2v) is 5.53. The van der Waals surface area contributed by atoms with Crippen molar-refractivity contribution >= 4 is 0 Å². The van der Waals surface area contributed by atoms with Crippen molar-refractivity contribution in [2.45, 2.75) is 77.9 Å². The van der Waals surface area contributed by atoms with Gasteiger partial charge in [0.25, 0.3) is 0 Å². The maximum atomic E-state index is 6.02. The average molecular weight is 241 g/mol. The van der Waals surface area contributed by atoms with Crippen molar-refractivity contribution in [1.82, 2.24) is 5.32 Å². The van der Waals surface area contributed by atoms with Gasteiger partial charge in [-0.05, 0) is 45.1 Å². The van der Waals surface area contributed by atoms with Crippen LogP contribution in [0.1, 0.15) is 65.7 Å². The van der Waals surface area contributed by atoms with Gasteiger partial charge < -0.3 is 10.1 Å². The predicted molar refractivity (Wildman–Crippen MR) is 74.4 cm³/mol. The SMILES string of the molecule is CCNC(C)CCCOC1CCCC(CC)C1. The Morgan fingerprint density at radius 3 is 2.82 bits per heavy atom. The molecular weight excluding hydrogens is 210 g/mol. The highest BCUT2D eigenvalue weighted by atomic mass is 16.5. The summed E-state index contributed by atoms with van der Waals surface area (Å²) in [4.78, 5) is 0. The third-order valence-corrected chi connectivity index (χ3v) is 4.00. The molecule has 2 heteroatoms. The van der Waals surface area contributed by atoms with Gasteiger partial charge in [-0.3, -0.25) is 0 Å². The van der Waals surface area contributed by atoms with Gasteiger partial charge in [-0.15, -0.1) is 0 Å². The van der Waals surface area contributed by atoms with Gasteiger partial charge in [0.15, 0.2) is 0 Å². The zero-order valence-corrected chi connectivity index (χ0v) is 12.0. The molecule has 0 bridgehead atoms. The van der Waals surface area contributed by atoms with Gasteiger partial charge in [-0.2, -0.15) is 0 Å². The molecule has 0 aromatic rings. The Morgan fingerprint density at radius 2 is 2.12 bits per heavy atom. The summed E-state index contributed by atoms with van der Waals surface area (Å²) in [6, 6.07) is 0.637. The predicted octanol–water partition coefficient (Wildman–Crippen LogP) is 3.75. The Kier molecular flexibility index (Phi) is 7.87. The molecule has 0 aromatic heterocycles. The van der Waals surface area contributed by atoms with Crippen molar-refractivity contribution in [2.75, 3.05) is 13.2 Å². The summed E-state index contributed by atoms with van der Waals surface area (Å²) in [7, 11) is 0. The Bertz CT molecular complexity index is 184. The molecule has 1 aliphatic rings. The molecule has 3 atom stereocenters. The minimum absolute atomic E-state index is 0.558. The smallest absolute Gasteiger partial charge is 0.0577 e. The van der Waals surface area contributed by atoms with E-state index in [1.54, 1.807) is 0 Å². The lowest BCUT2D eigenvalue weighted by Gasteiger charge is -2.28. The van der Waals surface area contributed by atoms with Crippen molar-refractivity contribution in [3.05, 3.63) is 0 Å². The van der Waals surface area contributed by atoms with Gasteiger partial charge in [0, 0.05) is 12.6 Å². The summed E-state index contributed by atoms with van der Waals surface area (Å²) in [5.41, 5.74) is 0. The third kappa shape index (κ3) is 6.42. The molecule has 0 aromatic carbocycles. The van der Waals surface area contributed by atoms with Crippen LogP contribution in [0.3, 0.4) is 0 Å². The molecule has 17 heavy (non-hydrogen) atoms. The minimum Gasteiger partial charge on any atom is -0.378 e. The van der Waals surface area contributed by atoms with Crippen LogP contribution in [0.15, 0.2) is 0 Å². The number of hydrogen-bond donors (Lipinski definition) is 1. The molecule has 0 heterocycles. The molecule has 1 N–H and O–H groups in total. The Morgan fingerprint density at radius 1 is 1.29 bits per heavy atom. The fourth-order valence-electron chi connectivity index (χ4n) is 2.85. The molecule has 0 amide bonds. The normalized spacial score (nSPS) is 27.0. The average Bonchev–Trinajstić information content (AvgIpc) is 2.35. The number of ether oxygens (including phenoxy) is 1. The number of hydrogen-bond acceptors (Lipinski definition) is 2. The summed E-state index contributed by atoms with van der Waals surface area (Å²) < 4.78 is 6.02. The van der Waals surface area contributed by atoms with Crippen LogP contribution in [0, 0.1) is 5.92 Å². The van der Waals surface area contributed by atoms with Crippen LogP contribution >= 0.6 is 0 Å². The van der Waals surface area contributed by atoms with E-state index in [0.29, 0.717) is 12.1 Å². The molecule has 1 saturated carbocycles. The summed E-state index contributed by atoms with van der Waals surface area (Å²) in [6.07, 6.45) is 9.71. The van der Waals surface area contributed by atoms with Crippen LogP contribution in [0.4, 0.5) is 0 Å². The van der Waals surface area contributed by atoms with E-state index in [1.807, 2.05) is 0 Å². The van der Waals surface area contributed by atoms with Crippen molar-refractivity contribution in [3.8, 4) is 0 Å². The van der Waals surface area contributed by atoms with Gasteiger partial charge in [-0.1, -0.05) is 33.1 Å². The topological polar surface area (TPSA) is 21.3 Å². The fraction of sp³-hybridized carbons (Fsp3) is 1.00. The summed E-state index contributed by atoms with van der Waals surface area (Å²) in [5.74, 6) is 0.925. The van der Waals surface area contributed by atoms with Gasteiger partial charge in [0.1, 0.15) is 0 Å². The number of rotatable bonds is 8. The van der Waals surface area contributed by atoms with E-state index >= 15 is 0 Å². The molecule has 1 aliphatic carbocycles. The van der Waals surface area contributed by atoms with Crippen molar-refractivity contribution in [2.24, 2.45) is 5.92 Å².